The molecule has 4 N–H and O–H groups in total. The van der Waals surface area contributed by atoms with Gasteiger partial charge >= 0.3 is 5.97 Å². The molecule has 1 aliphatic rings. The second kappa shape index (κ2) is 7.79. The Kier molecular flexibility index (Phi) is 5.03. The topological polar surface area (TPSA) is 113 Å². The number of hydrogen-bond donors (Lipinski definition) is 3. The number of carboxylic acids is 1. The summed E-state index contributed by atoms with van der Waals surface area (Å²) in [5, 5.41) is 27.5. The van der Waals surface area contributed by atoms with Crippen molar-refractivity contribution in [3.05, 3.63) is 65.7 Å². The van der Waals surface area contributed by atoms with Gasteiger partial charge in [-0.2, -0.15) is 0 Å². The fourth-order valence-electron chi connectivity index (χ4n) is 3.83. The van der Waals surface area contributed by atoms with Crippen molar-refractivity contribution < 1.29 is 15.0 Å². The van der Waals surface area contributed by atoms with Crippen molar-refractivity contribution in [1.29, 1.82) is 0 Å². The zero-order valence-corrected chi connectivity index (χ0v) is 15.8. The Balaban J connectivity index is 1.60. The van der Waals surface area contributed by atoms with Crippen LogP contribution in [-0.4, -0.2) is 39.5 Å². The van der Waals surface area contributed by atoms with Crippen LogP contribution in [-0.2, 0) is 0 Å². The molecule has 7 heteroatoms. The van der Waals surface area contributed by atoms with Crippen molar-refractivity contribution >= 4 is 17.5 Å². The molecule has 0 bridgehead atoms. The van der Waals surface area contributed by atoms with Crippen LogP contribution >= 0.6 is 0 Å². The largest absolute Gasteiger partial charge is 0.507 e. The molecule has 0 saturated carbocycles. The number of phenolic OH excluding ortho intramolecular Hbond substituents is 1. The third-order valence-corrected chi connectivity index (χ3v) is 5.37. The van der Waals surface area contributed by atoms with E-state index >= 15 is 0 Å². The van der Waals surface area contributed by atoms with Gasteiger partial charge in [-0.3, -0.25) is 0 Å². The number of rotatable bonds is 4. The van der Waals surface area contributed by atoms with Crippen LogP contribution in [0.25, 0.3) is 11.3 Å². The summed E-state index contributed by atoms with van der Waals surface area (Å²) in [4.78, 5) is 13.3. The molecular weight excluding hydrogens is 368 g/mol. The highest BCUT2D eigenvalue weighted by Crippen LogP contribution is 2.35. The van der Waals surface area contributed by atoms with Crippen LogP contribution in [0, 0.1) is 0 Å². The van der Waals surface area contributed by atoms with Crippen molar-refractivity contribution in [1.82, 2.24) is 10.2 Å². The lowest BCUT2D eigenvalue weighted by molar-refractivity contribution is 0.0697. The van der Waals surface area contributed by atoms with Crippen molar-refractivity contribution in [3.8, 4) is 17.0 Å². The molecule has 0 radical (unpaired) electrons. The molecule has 1 aliphatic heterocycles. The molecular formula is C22H22N4O3. The SMILES string of the molecule is Nc1nnc(-c2ccccc2O)cc1N1CCC[C@@H](c2ccc(C(=O)O)cc2)C1. The average molecular weight is 390 g/mol. The Hall–Kier alpha value is -3.61. The fraction of sp³-hybridized carbons (Fsp3) is 0.227. The number of hydrogen-bond acceptors (Lipinski definition) is 6. The summed E-state index contributed by atoms with van der Waals surface area (Å²) in [5.41, 5.74) is 9.51. The molecule has 2 aromatic carbocycles. The van der Waals surface area contributed by atoms with E-state index in [1.807, 2.05) is 24.3 Å². The summed E-state index contributed by atoms with van der Waals surface area (Å²) < 4.78 is 0. The second-order valence-corrected chi connectivity index (χ2v) is 7.23. The number of piperidine rings is 1. The van der Waals surface area contributed by atoms with Crippen LogP contribution in [0.4, 0.5) is 11.5 Å². The van der Waals surface area contributed by atoms with Crippen molar-refractivity contribution in [2.75, 3.05) is 23.7 Å². The third-order valence-electron chi connectivity index (χ3n) is 5.37. The maximum atomic E-state index is 11.1. The van der Waals surface area contributed by atoms with Gasteiger partial charge in [0, 0.05) is 24.6 Å². The summed E-state index contributed by atoms with van der Waals surface area (Å²) in [5.74, 6) is -0.152. The molecule has 0 spiro atoms. The predicted molar refractivity (Wildman–Crippen MR) is 111 cm³/mol. The van der Waals surface area contributed by atoms with Crippen LogP contribution in [0.5, 0.6) is 5.75 Å². The van der Waals surface area contributed by atoms with Gasteiger partial charge in [-0.25, -0.2) is 4.79 Å². The summed E-state index contributed by atoms with van der Waals surface area (Å²) >= 11 is 0. The van der Waals surface area contributed by atoms with Gasteiger partial charge in [-0.15, -0.1) is 10.2 Å². The molecule has 148 valence electrons. The second-order valence-electron chi connectivity index (χ2n) is 7.23. The van der Waals surface area contributed by atoms with Gasteiger partial charge in [0.15, 0.2) is 5.82 Å². The van der Waals surface area contributed by atoms with E-state index in [-0.39, 0.29) is 17.2 Å². The van der Waals surface area contributed by atoms with Gasteiger partial charge < -0.3 is 20.8 Å². The number of aromatic nitrogens is 2. The average Bonchev–Trinajstić information content (AvgIpc) is 2.75. The van der Waals surface area contributed by atoms with Crippen LogP contribution in [0.3, 0.4) is 0 Å². The van der Waals surface area contributed by atoms with Crippen LogP contribution in [0.1, 0.15) is 34.7 Å². The number of nitrogen functional groups attached to an aromatic ring is 1. The quantitative estimate of drug-likeness (QED) is 0.625. The first-order valence-electron chi connectivity index (χ1n) is 9.52. The number of nitrogens with zero attached hydrogens (tertiary/aromatic N) is 3. The maximum Gasteiger partial charge on any atom is 0.335 e. The van der Waals surface area contributed by atoms with E-state index in [2.05, 4.69) is 15.1 Å². The molecule has 1 atom stereocenters. The lowest BCUT2D eigenvalue weighted by Crippen LogP contribution is -2.35. The number of carbonyl (C=O) groups is 1. The Morgan fingerprint density at radius 3 is 2.59 bits per heavy atom. The Labute approximate surface area is 168 Å². The van der Waals surface area contributed by atoms with Crippen LogP contribution in [0.15, 0.2) is 54.6 Å². The Morgan fingerprint density at radius 1 is 1.10 bits per heavy atom. The molecule has 7 nitrogen and oxygen atoms in total. The molecule has 3 aromatic rings. The number of aromatic carboxylic acids is 1. The molecule has 1 aromatic heterocycles. The number of aromatic hydroxyl groups is 1. The molecule has 4 rings (SSSR count). The Bertz CT molecular complexity index is 1040. The van der Waals surface area contributed by atoms with Crippen LogP contribution < -0.4 is 10.6 Å². The number of anilines is 2. The summed E-state index contributed by atoms with van der Waals surface area (Å²) in [6.07, 6.45) is 2.01. The highest BCUT2D eigenvalue weighted by Gasteiger charge is 2.24. The van der Waals surface area contributed by atoms with Crippen LogP contribution in [0.2, 0.25) is 0 Å². The number of carboxylic acid groups (broad SMARTS) is 1. The smallest absolute Gasteiger partial charge is 0.335 e. The van der Waals surface area contributed by atoms with E-state index in [4.69, 9.17) is 10.8 Å². The third kappa shape index (κ3) is 3.85. The zero-order chi connectivity index (χ0) is 20.4. The number of phenols is 1. The molecule has 2 heterocycles. The van der Waals surface area contributed by atoms with E-state index in [0.717, 1.165) is 37.2 Å². The van der Waals surface area contributed by atoms with Gasteiger partial charge in [0.2, 0.25) is 0 Å². The van der Waals surface area contributed by atoms with E-state index in [0.29, 0.717) is 17.1 Å². The molecule has 1 fully saturated rings. The first-order valence-corrected chi connectivity index (χ1v) is 9.52. The first-order chi connectivity index (χ1) is 14.0. The monoisotopic (exact) mass is 390 g/mol. The summed E-state index contributed by atoms with van der Waals surface area (Å²) in [7, 11) is 0. The van der Waals surface area contributed by atoms with Crippen molar-refractivity contribution in [2.24, 2.45) is 0 Å². The van der Waals surface area contributed by atoms with Gasteiger partial charge in [0.1, 0.15) is 5.75 Å². The highest BCUT2D eigenvalue weighted by atomic mass is 16.4. The van der Waals surface area contributed by atoms with Gasteiger partial charge in [-0.1, -0.05) is 24.3 Å². The normalized spacial score (nSPS) is 16.6. The van der Waals surface area contributed by atoms with E-state index in [1.165, 1.54) is 0 Å². The van der Waals surface area contributed by atoms with Gasteiger partial charge in [0.25, 0.3) is 0 Å². The lowest BCUT2D eigenvalue weighted by atomic mass is 9.90. The number of benzene rings is 2. The molecule has 29 heavy (non-hydrogen) atoms. The minimum atomic E-state index is -0.922. The maximum absolute atomic E-state index is 11.1. The molecule has 0 amide bonds. The predicted octanol–water partition coefficient (Wildman–Crippen LogP) is 3.51. The zero-order valence-electron chi connectivity index (χ0n) is 15.8. The van der Waals surface area contributed by atoms with Gasteiger partial charge in [0.05, 0.1) is 16.9 Å². The van der Waals surface area contributed by atoms with Gasteiger partial charge in [-0.05, 0) is 48.7 Å². The Morgan fingerprint density at radius 2 is 1.86 bits per heavy atom. The van der Waals surface area contributed by atoms with Crippen molar-refractivity contribution in [3.63, 3.8) is 0 Å². The first kappa shape index (κ1) is 18.7. The highest BCUT2D eigenvalue weighted by molar-refractivity contribution is 5.87. The lowest BCUT2D eigenvalue weighted by Gasteiger charge is -2.35. The minimum absolute atomic E-state index is 0.146. The summed E-state index contributed by atoms with van der Waals surface area (Å²) in [6, 6.07) is 15.9. The number of nitrogens with two attached hydrogens (primary N) is 1. The molecule has 1 saturated heterocycles. The van der Waals surface area contributed by atoms with E-state index < -0.39 is 5.97 Å². The van der Waals surface area contributed by atoms with E-state index in [1.54, 1.807) is 30.3 Å². The molecule has 0 aliphatic carbocycles. The molecule has 0 unspecified atom stereocenters. The van der Waals surface area contributed by atoms with E-state index in [9.17, 15) is 9.90 Å². The number of para-hydroxylation sites is 1. The van der Waals surface area contributed by atoms with Crippen molar-refractivity contribution in [2.45, 2.75) is 18.8 Å². The standard InChI is InChI=1S/C22H22N4O3/c23-21-19(12-18(24-25-21)17-5-1-2-6-20(17)27)26-11-3-4-16(13-26)14-7-9-15(10-8-14)22(28)29/h1-2,5-10,12,16,27H,3-4,11,13H2,(H2,23,25)(H,28,29)/t16-/m1/s1. The summed E-state index contributed by atoms with van der Waals surface area (Å²) in [6.45, 7) is 1.60. The minimum Gasteiger partial charge on any atom is -0.507 e. The fourth-order valence-corrected chi connectivity index (χ4v) is 3.83.